The molecule has 0 bridgehead atoms. The predicted octanol–water partition coefficient (Wildman–Crippen LogP) is 4.33. The van der Waals surface area contributed by atoms with Crippen molar-refractivity contribution in [2.24, 2.45) is 0 Å². The molecule has 2 rings (SSSR count). The monoisotopic (exact) mass is 356 g/mol. The van der Waals surface area contributed by atoms with Crippen molar-refractivity contribution in [1.29, 1.82) is 0 Å². The molecule has 2 nitrogen and oxygen atoms in total. The van der Waals surface area contributed by atoms with Crippen LogP contribution >= 0.6 is 15.9 Å². The molecule has 0 aliphatic heterocycles. The Bertz CT molecular complexity index is 433. The molecular weight excluding hydrogens is 331 g/mol. The summed E-state index contributed by atoms with van der Waals surface area (Å²) in [7, 11) is 2.24. The molecule has 1 fully saturated rings. The van der Waals surface area contributed by atoms with Gasteiger partial charge in [-0.25, -0.2) is 4.39 Å². The summed E-state index contributed by atoms with van der Waals surface area (Å²) in [6.45, 7) is 2.67. The molecule has 1 aliphatic carbocycles. The van der Waals surface area contributed by atoms with E-state index >= 15 is 0 Å². The summed E-state index contributed by atoms with van der Waals surface area (Å²) in [6.07, 6.45) is 8.00. The van der Waals surface area contributed by atoms with Gasteiger partial charge in [0.2, 0.25) is 0 Å². The minimum Gasteiger partial charge on any atom is -0.313 e. The van der Waals surface area contributed by atoms with E-state index in [9.17, 15) is 4.39 Å². The Morgan fingerprint density at radius 1 is 1.29 bits per heavy atom. The number of nitrogens with zero attached hydrogens (tertiary/aromatic N) is 1. The molecule has 0 radical (unpaired) electrons. The van der Waals surface area contributed by atoms with Crippen LogP contribution in [0.1, 0.15) is 44.1 Å². The fraction of sp³-hybridized carbons (Fsp3) is 0.647. The van der Waals surface area contributed by atoms with E-state index in [1.807, 2.05) is 12.1 Å². The van der Waals surface area contributed by atoms with Gasteiger partial charge >= 0.3 is 0 Å². The molecule has 0 atom stereocenters. The van der Waals surface area contributed by atoms with Crippen molar-refractivity contribution in [1.82, 2.24) is 10.2 Å². The van der Waals surface area contributed by atoms with Crippen molar-refractivity contribution in [3.63, 3.8) is 0 Å². The third-order valence-corrected chi connectivity index (χ3v) is 4.89. The van der Waals surface area contributed by atoms with Crippen LogP contribution in [0, 0.1) is 5.82 Å². The highest BCUT2D eigenvalue weighted by molar-refractivity contribution is 9.10. The Morgan fingerprint density at radius 2 is 2.05 bits per heavy atom. The van der Waals surface area contributed by atoms with Gasteiger partial charge in [-0.2, -0.15) is 0 Å². The molecule has 0 heterocycles. The van der Waals surface area contributed by atoms with E-state index in [1.54, 1.807) is 0 Å². The van der Waals surface area contributed by atoms with E-state index in [0.29, 0.717) is 6.54 Å². The highest BCUT2D eigenvalue weighted by Crippen LogP contribution is 2.21. The van der Waals surface area contributed by atoms with Gasteiger partial charge in [0.25, 0.3) is 0 Å². The minimum absolute atomic E-state index is 0.142. The first-order valence-corrected chi connectivity index (χ1v) is 8.81. The lowest BCUT2D eigenvalue weighted by Gasteiger charge is -2.31. The highest BCUT2D eigenvalue weighted by atomic mass is 79.9. The van der Waals surface area contributed by atoms with Gasteiger partial charge in [0.15, 0.2) is 0 Å². The SMILES string of the molecule is CN(CCCNCc1ccc(Br)cc1F)C1CCCCC1. The Labute approximate surface area is 136 Å². The van der Waals surface area contributed by atoms with Crippen LogP contribution < -0.4 is 5.32 Å². The number of hydrogen-bond acceptors (Lipinski definition) is 2. The molecule has 0 amide bonds. The summed E-state index contributed by atoms with van der Waals surface area (Å²) >= 11 is 3.28. The van der Waals surface area contributed by atoms with E-state index in [2.05, 4.69) is 33.2 Å². The van der Waals surface area contributed by atoms with Gasteiger partial charge in [0, 0.05) is 22.6 Å². The second-order valence-electron chi connectivity index (χ2n) is 6.04. The fourth-order valence-corrected chi connectivity index (χ4v) is 3.38. The molecule has 21 heavy (non-hydrogen) atoms. The van der Waals surface area contributed by atoms with Crippen LogP contribution in [0.15, 0.2) is 22.7 Å². The molecule has 1 saturated carbocycles. The zero-order valence-corrected chi connectivity index (χ0v) is 14.5. The minimum atomic E-state index is -0.142. The lowest BCUT2D eigenvalue weighted by Crippen LogP contribution is -2.35. The van der Waals surface area contributed by atoms with Crippen molar-refractivity contribution in [3.8, 4) is 0 Å². The Balaban J connectivity index is 1.61. The molecule has 1 aromatic rings. The van der Waals surface area contributed by atoms with E-state index in [4.69, 9.17) is 0 Å². The smallest absolute Gasteiger partial charge is 0.128 e. The first-order valence-electron chi connectivity index (χ1n) is 8.01. The first kappa shape index (κ1) is 16.9. The van der Waals surface area contributed by atoms with E-state index in [0.717, 1.165) is 35.6 Å². The maximum Gasteiger partial charge on any atom is 0.128 e. The highest BCUT2D eigenvalue weighted by Gasteiger charge is 2.17. The number of benzene rings is 1. The van der Waals surface area contributed by atoms with Gasteiger partial charge in [-0.15, -0.1) is 0 Å². The van der Waals surface area contributed by atoms with Gasteiger partial charge in [-0.05, 0) is 51.5 Å². The standard InChI is InChI=1S/C17H26BrFN2/c1-21(16-6-3-2-4-7-16)11-5-10-20-13-14-8-9-15(18)12-17(14)19/h8-9,12,16,20H,2-7,10-11,13H2,1H3. The lowest BCUT2D eigenvalue weighted by molar-refractivity contribution is 0.189. The van der Waals surface area contributed by atoms with E-state index in [1.165, 1.54) is 38.2 Å². The second kappa shape index (κ2) is 8.86. The predicted molar refractivity (Wildman–Crippen MR) is 89.9 cm³/mol. The molecule has 0 spiro atoms. The maximum atomic E-state index is 13.7. The number of nitrogens with one attached hydrogen (secondary N) is 1. The average molecular weight is 357 g/mol. The Morgan fingerprint density at radius 3 is 2.76 bits per heavy atom. The Hall–Kier alpha value is -0.450. The van der Waals surface area contributed by atoms with Gasteiger partial charge in [0.1, 0.15) is 5.82 Å². The van der Waals surface area contributed by atoms with Crippen LogP contribution in [0.5, 0.6) is 0 Å². The molecule has 1 N–H and O–H groups in total. The second-order valence-corrected chi connectivity index (χ2v) is 6.95. The molecule has 0 aromatic heterocycles. The first-order chi connectivity index (χ1) is 10.2. The molecule has 0 saturated heterocycles. The van der Waals surface area contributed by atoms with Gasteiger partial charge in [-0.3, -0.25) is 0 Å². The summed E-state index contributed by atoms with van der Waals surface area (Å²) in [5, 5.41) is 3.34. The van der Waals surface area contributed by atoms with Gasteiger partial charge < -0.3 is 10.2 Å². The number of rotatable bonds is 7. The van der Waals surface area contributed by atoms with Crippen LogP contribution in [0.2, 0.25) is 0 Å². The molecule has 1 aromatic carbocycles. The molecule has 0 unspecified atom stereocenters. The van der Waals surface area contributed by atoms with E-state index in [-0.39, 0.29) is 5.82 Å². The number of halogens is 2. The van der Waals surface area contributed by atoms with Gasteiger partial charge in [0.05, 0.1) is 0 Å². The summed E-state index contributed by atoms with van der Waals surface area (Å²) in [5.74, 6) is -0.142. The summed E-state index contributed by atoms with van der Waals surface area (Å²) in [6, 6.07) is 6.02. The molecular formula is C17H26BrFN2. The largest absolute Gasteiger partial charge is 0.313 e. The molecule has 118 valence electrons. The zero-order chi connectivity index (χ0) is 15.1. The van der Waals surface area contributed by atoms with Crippen molar-refractivity contribution < 1.29 is 4.39 Å². The maximum absolute atomic E-state index is 13.7. The van der Waals surface area contributed by atoms with Crippen LogP contribution in [0.4, 0.5) is 4.39 Å². The quantitative estimate of drug-likeness (QED) is 0.731. The Kier molecular flexibility index (Phi) is 7.14. The lowest BCUT2D eigenvalue weighted by atomic mass is 9.94. The summed E-state index contributed by atoms with van der Waals surface area (Å²) in [4.78, 5) is 2.50. The van der Waals surface area contributed by atoms with Crippen LogP contribution in [-0.2, 0) is 6.54 Å². The van der Waals surface area contributed by atoms with Crippen LogP contribution in [0.25, 0.3) is 0 Å². The summed E-state index contributed by atoms with van der Waals surface area (Å²) < 4.78 is 14.4. The topological polar surface area (TPSA) is 15.3 Å². The third kappa shape index (κ3) is 5.68. The van der Waals surface area contributed by atoms with Gasteiger partial charge in [-0.1, -0.05) is 41.3 Å². The average Bonchev–Trinajstić information content (AvgIpc) is 2.49. The summed E-state index contributed by atoms with van der Waals surface area (Å²) in [5.41, 5.74) is 0.735. The van der Waals surface area contributed by atoms with Crippen molar-refractivity contribution >= 4 is 15.9 Å². The van der Waals surface area contributed by atoms with Crippen LogP contribution in [-0.4, -0.2) is 31.1 Å². The zero-order valence-electron chi connectivity index (χ0n) is 12.9. The molecule has 1 aliphatic rings. The van der Waals surface area contributed by atoms with Crippen molar-refractivity contribution in [3.05, 3.63) is 34.1 Å². The fourth-order valence-electron chi connectivity index (χ4n) is 3.05. The third-order valence-electron chi connectivity index (χ3n) is 4.39. The number of hydrogen-bond donors (Lipinski definition) is 1. The van der Waals surface area contributed by atoms with Crippen molar-refractivity contribution in [2.75, 3.05) is 20.1 Å². The van der Waals surface area contributed by atoms with Crippen molar-refractivity contribution in [2.45, 2.75) is 51.1 Å². The molecule has 4 heteroatoms. The normalized spacial score (nSPS) is 16.6. The van der Waals surface area contributed by atoms with Crippen LogP contribution in [0.3, 0.4) is 0 Å². The van der Waals surface area contributed by atoms with E-state index < -0.39 is 0 Å².